The predicted molar refractivity (Wildman–Crippen MR) is 113 cm³/mol. The first kappa shape index (κ1) is 18.8. The van der Waals surface area contributed by atoms with Crippen molar-refractivity contribution >= 4 is 18.5 Å². The molecule has 0 aliphatic rings. The fraction of sp³-hybridized carbons (Fsp3) is 0.217. The topological polar surface area (TPSA) is 32.3 Å². The molecule has 0 spiro atoms. The quantitative estimate of drug-likeness (QED) is 0.620. The van der Waals surface area contributed by atoms with E-state index in [-0.39, 0.29) is 6.04 Å². The molecule has 0 amide bonds. The first-order valence-corrected chi connectivity index (χ1v) is 10.5. The summed E-state index contributed by atoms with van der Waals surface area (Å²) in [5, 5.41) is 16.9. The summed E-state index contributed by atoms with van der Waals surface area (Å²) in [6.45, 7) is 4.18. The predicted octanol–water partition coefficient (Wildman–Crippen LogP) is 4.10. The number of rotatable bonds is 7. The van der Waals surface area contributed by atoms with E-state index in [1.807, 2.05) is 37.3 Å². The summed E-state index contributed by atoms with van der Waals surface area (Å²) in [7, 11) is -0.515. The molecule has 3 heteroatoms. The molecule has 0 saturated carbocycles. The Morgan fingerprint density at radius 3 is 2.12 bits per heavy atom. The molecular weight excluding hydrogens is 337 g/mol. The van der Waals surface area contributed by atoms with E-state index in [1.54, 1.807) is 0 Å². The van der Waals surface area contributed by atoms with Crippen molar-refractivity contribution in [3.63, 3.8) is 0 Å². The lowest BCUT2D eigenvalue weighted by atomic mass is 10.0. The van der Waals surface area contributed by atoms with Crippen molar-refractivity contribution in [2.75, 3.05) is 6.29 Å². The zero-order chi connectivity index (χ0) is 18.4. The van der Waals surface area contributed by atoms with Gasteiger partial charge in [0.2, 0.25) is 0 Å². The third kappa shape index (κ3) is 4.80. The molecule has 134 valence electrons. The average Bonchev–Trinajstić information content (AvgIpc) is 2.69. The van der Waals surface area contributed by atoms with E-state index in [4.69, 9.17) is 0 Å². The van der Waals surface area contributed by atoms with E-state index in [0.29, 0.717) is 0 Å². The van der Waals surface area contributed by atoms with Crippen LogP contribution in [-0.4, -0.2) is 17.4 Å². The molecule has 0 aliphatic carbocycles. The highest BCUT2D eigenvalue weighted by molar-refractivity contribution is 7.72. The molecule has 0 aliphatic heterocycles. The number of aliphatic hydroxyl groups excluding tert-OH is 1. The lowest BCUT2D eigenvalue weighted by molar-refractivity contribution is 0.139. The largest absolute Gasteiger partial charge is 0.387 e. The van der Waals surface area contributed by atoms with Gasteiger partial charge in [0.15, 0.2) is 0 Å². The molecule has 2 nitrogen and oxygen atoms in total. The van der Waals surface area contributed by atoms with E-state index in [2.05, 4.69) is 66.8 Å². The van der Waals surface area contributed by atoms with Gasteiger partial charge in [-0.15, -0.1) is 0 Å². The number of aliphatic hydroxyl groups is 1. The molecule has 26 heavy (non-hydrogen) atoms. The second-order valence-electron chi connectivity index (χ2n) is 6.61. The fourth-order valence-corrected chi connectivity index (χ4v) is 5.31. The van der Waals surface area contributed by atoms with Crippen molar-refractivity contribution in [2.45, 2.75) is 26.0 Å². The zero-order valence-electron chi connectivity index (χ0n) is 15.3. The molecule has 0 heterocycles. The Morgan fingerprint density at radius 1 is 0.846 bits per heavy atom. The summed E-state index contributed by atoms with van der Waals surface area (Å²) in [5.74, 6) is 0. The van der Waals surface area contributed by atoms with Crippen molar-refractivity contribution < 1.29 is 5.11 Å². The van der Waals surface area contributed by atoms with Crippen LogP contribution in [0.15, 0.2) is 84.9 Å². The van der Waals surface area contributed by atoms with Crippen molar-refractivity contribution in [1.82, 2.24) is 5.32 Å². The Balaban J connectivity index is 1.76. The molecule has 3 rings (SSSR count). The Labute approximate surface area is 157 Å². The minimum atomic E-state index is -0.515. The van der Waals surface area contributed by atoms with Gasteiger partial charge in [0.25, 0.3) is 0 Å². The van der Waals surface area contributed by atoms with Crippen LogP contribution < -0.4 is 15.9 Å². The maximum atomic E-state index is 10.6. The second-order valence-corrected chi connectivity index (χ2v) is 8.81. The molecule has 0 fully saturated rings. The van der Waals surface area contributed by atoms with Gasteiger partial charge in [-0.1, -0.05) is 90.5 Å². The summed E-state index contributed by atoms with van der Waals surface area (Å²) in [6, 6.07) is 29.3. The summed E-state index contributed by atoms with van der Waals surface area (Å²) < 4.78 is 0. The van der Waals surface area contributed by atoms with Crippen LogP contribution in [0.4, 0.5) is 0 Å². The van der Waals surface area contributed by atoms with E-state index in [1.165, 1.54) is 16.2 Å². The van der Waals surface area contributed by atoms with Crippen LogP contribution in [0.2, 0.25) is 0 Å². The Kier molecular flexibility index (Phi) is 6.57. The average molecular weight is 363 g/mol. The fourth-order valence-electron chi connectivity index (χ4n) is 3.02. The second kappa shape index (κ2) is 9.09. The molecule has 0 saturated heterocycles. The normalized spacial score (nSPS) is 14.6. The van der Waals surface area contributed by atoms with Gasteiger partial charge in [-0.3, -0.25) is 0 Å². The van der Waals surface area contributed by atoms with Crippen LogP contribution in [0.3, 0.4) is 0 Å². The number of hydrogen-bond acceptors (Lipinski definition) is 2. The van der Waals surface area contributed by atoms with Crippen molar-refractivity contribution in [3.8, 4) is 0 Å². The Bertz CT molecular complexity index is 807. The van der Waals surface area contributed by atoms with Gasteiger partial charge in [-0.2, -0.15) is 0 Å². The van der Waals surface area contributed by atoms with Crippen LogP contribution in [-0.2, 0) is 0 Å². The van der Waals surface area contributed by atoms with Crippen LogP contribution in [0.1, 0.15) is 24.2 Å². The van der Waals surface area contributed by atoms with Gasteiger partial charge in [-0.05, 0) is 37.9 Å². The maximum absolute atomic E-state index is 10.6. The first-order valence-electron chi connectivity index (χ1n) is 9.01. The molecule has 3 aromatic carbocycles. The van der Waals surface area contributed by atoms with E-state index < -0.39 is 14.0 Å². The number of benzene rings is 3. The summed E-state index contributed by atoms with van der Waals surface area (Å²) in [5.41, 5.74) is 2.23. The highest BCUT2D eigenvalue weighted by Gasteiger charge is 2.19. The monoisotopic (exact) mass is 363 g/mol. The molecule has 0 radical (unpaired) electrons. The van der Waals surface area contributed by atoms with Crippen molar-refractivity contribution in [1.29, 1.82) is 0 Å². The van der Waals surface area contributed by atoms with Gasteiger partial charge in [0.1, 0.15) is 0 Å². The molecule has 2 N–H and O–H groups in total. The third-order valence-corrected chi connectivity index (χ3v) is 6.89. The first-order chi connectivity index (χ1) is 12.6. The van der Waals surface area contributed by atoms with Gasteiger partial charge in [0.05, 0.1) is 6.10 Å². The third-order valence-electron chi connectivity index (χ3n) is 4.57. The lowest BCUT2D eigenvalue weighted by Gasteiger charge is -2.25. The lowest BCUT2D eigenvalue weighted by Crippen LogP contribution is -2.34. The van der Waals surface area contributed by atoms with E-state index in [0.717, 1.165) is 11.8 Å². The summed E-state index contributed by atoms with van der Waals surface area (Å²) in [6.07, 6.45) is 0.328. The van der Waals surface area contributed by atoms with Crippen LogP contribution >= 0.6 is 7.92 Å². The number of hydrogen-bond donors (Lipinski definition) is 2. The standard InChI is InChI=1S/C23H26NOP/c1-18-10-9-15-22(16-18)26(21-13-7-4-8-14-21)17-24-19(2)23(25)20-11-5-3-6-12-20/h3-16,19,23-25H,17H2,1-2H3/t19-,23-,26-/m0/s1. The van der Waals surface area contributed by atoms with Gasteiger partial charge >= 0.3 is 0 Å². The highest BCUT2D eigenvalue weighted by Crippen LogP contribution is 2.33. The molecule has 3 atom stereocenters. The van der Waals surface area contributed by atoms with Crippen LogP contribution in [0.25, 0.3) is 0 Å². The smallest absolute Gasteiger partial charge is 0.0940 e. The maximum Gasteiger partial charge on any atom is 0.0940 e. The summed E-state index contributed by atoms with van der Waals surface area (Å²) in [4.78, 5) is 0. The molecule has 0 aromatic heterocycles. The van der Waals surface area contributed by atoms with E-state index >= 15 is 0 Å². The molecular formula is C23H26NOP. The van der Waals surface area contributed by atoms with E-state index in [9.17, 15) is 5.11 Å². The van der Waals surface area contributed by atoms with Gasteiger partial charge in [-0.25, -0.2) is 0 Å². The van der Waals surface area contributed by atoms with Crippen molar-refractivity contribution in [2.24, 2.45) is 0 Å². The number of aryl methyl sites for hydroxylation is 1. The zero-order valence-corrected chi connectivity index (χ0v) is 16.2. The minimum Gasteiger partial charge on any atom is -0.387 e. The van der Waals surface area contributed by atoms with Gasteiger partial charge < -0.3 is 10.4 Å². The summed E-state index contributed by atoms with van der Waals surface area (Å²) >= 11 is 0. The molecule has 0 bridgehead atoms. The van der Waals surface area contributed by atoms with Crippen molar-refractivity contribution in [3.05, 3.63) is 96.1 Å². The number of nitrogens with one attached hydrogen (secondary N) is 1. The molecule has 3 aromatic rings. The Hall–Kier alpha value is -1.99. The SMILES string of the molecule is Cc1cccc([P@@](CN[C@@H](C)[C@H](O)c2ccccc2)c2ccccc2)c1. The highest BCUT2D eigenvalue weighted by atomic mass is 31.1. The molecule has 0 unspecified atom stereocenters. The van der Waals surface area contributed by atoms with Crippen LogP contribution in [0, 0.1) is 6.92 Å². The Morgan fingerprint density at radius 2 is 1.46 bits per heavy atom. The minimum absolute atomic E-state index is 0.0177. The van der Waals surface area contributed by atoms with Crippen LogP contribution in [0.5, 0.6) is 0 Å². The van der Waals surface area contributed by atoms with Gasteiger partial charge in [0, 0.05) is 12.3 Å².